The van der Waals surface area contributed by atoms with Crippen molar-refractivity contribution in [2.45, 2.75) is 6.92 Å². The second-order valence-corrected chi connectivity index (χ2v) is 2.73. The van der Waals surface area contributed by atoms with Gasteiger partial charge in [-0.15, -0.1) is 0 Å². The van der Waals surface area contributed by atoms with Crippen LogP contribution in [-0.2, 0) is 4.79 Å². The van der Waals surface area contributed by atoms with Gasteiger partial charge in [0.15, 0.2) is 0 Å². The van der Waals surface area contributed by atoms with Gasteiger partial charge in [0, 0.05) is 26.2 Å². The topological polar surface area (TPSA) is 32.3 Å². The fourth-order valence-corrected chi connectivity index (χ4v) is 1.18. The maximum atomic E-state index is 10.6. The van der Waals surface area contributed by atoms with Crippen molar-refractivity contribution in [3.05, 3.63) is 0 Å². The minimum Gasteiger partial charge on any atom is -0.314 e. The number of nitrogens with one attached hydrogen (secondary N) is 1. The van der Waals surface area contributed by atoms with Crippen LogP contribution in [0.1, 0.15) is 6.92 Å². The number of nitrogens with zero attached hydrogens (tertiary/aromatic N) is 1. The summed E-state index contributed by atoms with van der Waals surface area (Å²) in [6, 6.07) is 0. The highest BCUT2D eigenvalue weighted by molar-refractivity contribution is 5.77. The van der Waals surface area contributed by atoms with E-state index in [9.17, 15) is 4.79 Å². The van der Waals surface area contributed by atoms with E-state index in [1.165, 1.54) is 0 Å². The van der Waals surface area contributed by atoms with Crippen molar-refractivity contribution < 1.29 is 4.79 Å². The van der Waals surface area contributed by atoms with Crippen LogP contribution in [0.2, 0.25) is 0 Å². The van der Waals surface area contributed by atoms with Gasteiger partial charge in [0.1, 0.15) is 5.78 Å². The Kier molecular flexibility index (Phi) is 2.83. The van der Waals surface area contributed by atoms with Crippen molar-refractivity contribution in [3.63, 3.8) is 0 Å². The molecule has 3 heteroatoms. The number of carbonyl (C=O) groups is 1. The van der Waals surface area contributed by atoms with Crippen LogP contribution < -0.4 is 5.32 Å². The van der Waals surface area contributed by atoms with E-state index in [1.807, 2.05) is 0 Å². The molecule has 1 saturated heterocycles. The Hall–Kier alpha value is -0.410. The molecule has 0 radical (unpaired) electrons. The van der Waals surface area contributed by atoms with Crippen LogP contribution in [-0.4, -0.2) is 43.4 Å². The highest BCUT2D eigenvalue weighted by atomic mass is 16.1. The van der Waals surface area contributed by atoms with Crippen molar-refractivity contribution in [2.75, 3.05) is 32.7 Å². The highest BCUT2D eigenvalue weighted by Crippen LogP contribution is 1.90. The smallest absolute Gasteiger partial charge is 0.143 e. The molecule has 10 heavy (non-hydrogen) atoms. The molecule has 0 unspecified atom stereocenters. The van der Waals surface area contributed by atoms with E-state index >= 15 is 0 Å². The molecule has 0 bridgehead atoms. The molecule has 0 amide bonds. The van der Waals surface area contributed by atoms with Crippen molar-refractivity contribution in [3.8, 4) is 0 Å². The quantitative estimate of drug-likeness (QED) is 0.563. The Morgan fingerprint density at radius 3 is 2.60 bits per heavy atom. The standard InChI is InChI=1S/C7H14N2O/c1-7(10)6-9-4-2-8-3-5-9/h8H,2-6H2,1H3. The van der Waals surface area contributed by atoms with Crippen LogP contribution >= 0.6 is 0 Å². The Balaban J connectivity index is 2.19. The van der Waals surface area contributed by atoms with Crippen LogP contribution in [0.4, 0.5) is 0 Å². The number of hydrogen-bond donors (Lipinski definition) is 1. The number of piperazine rings is 1. The molecule has 0 atom stereocenters. The van der Waals surface area contributed by atoms with Crippen molar-refractivity contribution in [1.82, 2.24) is 10.2 Å². The molecule has 1 heterocycles. The molecule has 1 rings (SSSR count). The Morgan fingerprint density at radius 2 is 2.10 bits per heavy atom. The molecule has 1 fully saturated rings. The van der Waals surface area contributed by atoms with Gasteiger partial charge >= 0.3 is 0 Å². The summed E-state index contributed by atoms with van der Waals surface area (Å²) in [5.74, 6) is 0.266. The van der Waals surface area contributed by atoms with E-state index < -0.39 is 0 Å². The third-order valence-corrected chi connectivity index (χ3v) is 1.66. The summed E-state index contributed by atoms with van der Waals surface area (Å²) < 4.78 is 0. The molecular formula is C7H14N2O. The lowest BCUT2D eigenvalue weighted by Gasteiger charge is -2.25. The molecular weight excluding hydrogens is 128 g/mol. The molecule has 0 aliphatic carbocycles. The van der Waals surface area contributed by atoms with Gasteiger partial charge in [-0.1, -0.05) is 0 Å². The third-order valence-electron chi connectivity index (χ3n) is 1.66. The Bertz CT molecular complexity index is 119. The Morgan fingerprint density at radius 1 is 1.50 bits per heavy atom. The first-order chi connectivity index (χ1) is 4.79. The van der Waals surface area contributed by atoms with E-state index in [0.717, 1.165) is 26.2 Å². The Labute approximate surface area is 61.4 Å². The molecule has 0 spiro atoms. The molecule has 1 aliphatic heterocycles. The van der Waals surface area contributed by atoms with Crippen molar-refractivity contribution >= 4 is 5.78 Å². The summed E-state index contributed by atoms with van der Waals surface area (Å²) in [7, 11) is 0. The molecule has 0 aromatic heterocycles. The molecule has 0 saturated carbocycles. The lowest BCUT2D eigenvalue weighted by Crippen LogP contribution is -2.45. The SMILES string of the molecule is CC(=O)CN1CCNCC1. The van der Waals surface area contributed by atoms with Crippen LogP contribution in [0.25, 0.3) is 0 Å². The van der Waals surface area contributed by atoms with E-state index in [-0.39, 0.29) is 5.78 Å². The molecule has 58 valence electrons. The van der Waals surface area contributed by atoms with Gasteiger partial charge in [0.2, 0.25) is 0 Å². The first kappa shape index (κ1) is 7.69. The summed E-state index contributed by atoms with van der Waals surface area (Å²) in [4.78, 5) is 12.8. The van der Waals surface area contributed by atoms with E-state index in [1.54, 1.807) is 6.92 Å². The van der Waals surface area contributed by atoms with Gasteiger partial charge < -0.3 is 5.32 Å². The molecule has 1 aliphatic rings. The molecule has 0 aromatic rings. The zero-order chi connectivity index (χ0) is 7.40. The maximum absolute atomic E-state index is 10.6. The zero-order valence-electron chi connectivity index (χ0n) is 6.39. The average molecular weight is 142 g/mol. The second-order valence-electron chi connectivity index (χ2n) is 2.73. The summed E-state index contributed by atoms with van der Waals surface area (Å²) in [5.41, 5.74) is 0. The number of Topliss-reactive ketones (excluding diaryl/α,β-unsaturated/α-hetero) is 1. The first-order valence-electron chi connectivity index (χ1n) is 3.71. The van der Waals surface area contributed by atoms with Crippen LogP contribution in [0.15, 0.2) is 0 Å². The average Bonchev–Trinajstić information content (AvgIpc) is 1.88. The maximum Gasteiger partial charge on any atom is 0.143 e. The third kappa shape index (κ3) is 2.45. The van der Waals surface area contributed by atoms with E-state index in [2.05, 4.69) is 10.2 Å². The van der Waals surface area contributed by atoms with Gasteiger partial charge in [-0.3, -0.25) is 9.69 Å². The lowest BCUT2D eigenvalue weighted by atomic mass is 10.3. The fourth-order valence-electron chi connectivity index (χ4n) is 1.18. The fraction of sp³-hybridized carbons (Fsp3) is 0.857. The summed E-state index contributed by atoms with van der Waals surface area (Å²) in [5, 5.41) is 3.23. The van der Waals surface area contributed by atoms with E-state index in [0.29, 0.717) is 6.54 Å². The van der Waals surface area contributed by atoms with Crippen LogP contribution in [0.5, 0.6) is 0 Å². The number of rotatable bonds is 2. The van der Waals surface area contributed by atoms with Crippen molar-refractivity contribution in [1.29, 1.82) is 0 Å². The first-order valence-corrected chi connectivity index (χ1v) is 3.71. The normalized spacial score (nSPS) is 20.9. The number of hydrogen-bond acceptors (Lipinski definition) is 3. The van der Waals surface area contributed by atoms with E-state index in [4.69, 9.17) is 0 Å². The monoisotopic (exact) mass is 142 g/mol. The van der Waals surface area contributed by atoms with Gasteiger partial charge in [-0.05, 0) is 6.92 Å². The second kappa shape index (κ2) is 3.68. The van der Waals surface area contributed by atoms with Gasteiger partial charge in [0.25, 0.3) is 0 Å². The molecule has 1 N–H and O–H groups in total. The van der Waals surface area contributed by atoms with Crippen LogP contribution in [0.3, 0.4) is 0 Å². The summed E-state index contributed by atoms with van der Waals surface area (Å²) in [6.45, 7) is 6.34. The largest absolute Gasteiger partial charge is 0.314 e. The summed E-state index contributed by atoms with van der Waals surface area (Å²) >= 11 is 0. The number of carbonyl (C=O) groups excluding carboxylic acids is 1. The predicted molar refractivity (Wildman–Crippen MR) is 40.0 cm³/mol. The van der Waals surface area contributed by atoms with Gasteiger partial charge in [-0.2, -0.15) is 0 Å². The minimum absolute atomic E-state index is 0.266. The molecule has 0 aromatic carbocycles. The number of ketones is 1. The predicted octanol–water partition coefficient (Wildman–Crippen LogP) is -0.519. The molecule has 3 nitrogen and oxygen atoms in total. The van der Waals surface area contributed by atoms with Gasteiger partial charge in [0.05, 0.1) is 6.54 Å². The minimum atomic E-state index is 0.266. The lowest BCUT2D eigenvalue weighted by molar-refractivity contribution is -0.118. The van der Waals surface area contributed by atoms with Crippen LogP contribution in [0, 0.1) is 0 Å². The van der Waals surface area contributed by atoms with Gasteiger partial charge in [-0.25, -0.2) is 0 Å². The highest BCUT2D eigenvalue weighted by Gasteiger charge is 2.09. The summed E-state index contributed by atoms with van der Waals surface area (Å²) in [6.07, 6.45) is 0. The van der Waals surface area contributed by atoms with Crippen molar-refractivity contribution in [2.24, 2.45) is 0 Å². The zero-order valence-corrected chi connectivity index (χ0v) is 6.39.